The number of pyridine rings is 1. The van der Waals surface area contributed by atoms with E-state index in [0.717, 1.165) is 6.26 Å². The standard InChI is InChI=1S/C23H26FN3O6S/c1-34(31,32)27-19-12-26-18(6-5-16(22(26)29)14-3-2-4-15(24)11-14)21(27)20(17(19)13-28)23(30)25-7-9-33-10-8-25/h2-6,11,17,19-21,28H,7-10,12-13H2,1H3/t17-,19-,20+,21+/m0/s1. The number of nitrogens with zero attached hydrogens (tertiary/aromatic N) is 3. The summed E-state index contributed by atoms with van der Waals surface area (Å²) in [6.45, 7) is 1.15. The smallest absolute Gasteiger partial charge is 0.258 e. The number of morpholine rings is 1. The molecule has 34 heavy (non-hydrogen) atoms. The number of amides is 1. The van der Waals surface area contributed by atoms with Gasteiger partial charge in [-0.05, 0) is 29.8 Å². The van der Waals surface area contributed by atoms with Crippen molar-refractivity contribution in [3.8, 4) is 11.1 Å². The highest BCUT2D eigenvalue weighted by Crippen LogP contribution is 2.50. The Morgan fingerprint density at radius 1 is 1.21 bits per heavy atom. The molecule has 9 nitrogen and oxygen atoms in total. The van der Waals surface area contributed by atoms with Gasteiger partial charge in [-0.2, -0.15) is 4.31 Å². The van der Waals surface area contributed by atoms with E-state index < -0.39 is 46.4 Å². The fraction of sp³-hybridized carbons (Fsp3) is 0.478. The summed E-state index contributed by atoms with van der Waals surface area (Å²) in [7, 11) is -3.76. The van der Waals surface area contributed by atoms with Crippen LogP contribution >= 0.6 is 0 Å². The lowest BCUT2D eigenvalue weighted by Crippen LogP contribution is -2.49. The zero-order valence-electron chi connectivity index (χ0n) is 18.6. The number of aliphatic hydroxyl groups is 1. The maximum absolute atomic E-state index is 13.8. The summed E-state index contributed by atoms with van der Waals surface area (Å²) in [6.07, 6.45) is 1.08. The largest absolute Gasteiger partial charge is 0.396 e. The summed E-state index contributed by atoms with van der Waals surface area (Å²) in [4.78, 5) is 28.7. The van der Waals surface area contributed by atoms with Crippen LogP contribution in [0.25, 0.3) is 11.1 Å². The summed E-state index contributed by atoms with van der Waals surface area (Å²) in [5, 5.41) is 10.3. The molecule has 0 saturated carbocycles. The maximum Gasteiger partial charge on any atom is 0.258 e. The molecule has 1 amide bonds. The number of fused-ring (bicyclic) bond motifs is 4. The first-order valence-electron chi connectivity index (χ1n) is 11.2. The van der Waals surface area contributed by atoms with Crippen LogP contribution in [0, 0.1) is 17.7 Å². The van der Waals surface area contributed by atoms with Gasteiger partial charge in [0.05, 0.1) is 31.4 Å². The molecule has 4 heterocycles. The van der Waals surface area contributed by atoms with Crippen LogP contribution in [0.5, 0.6) is 0 Å². The Morgan fingerprint density at radius 3 is 2.59 bits per heavy atom. The van der Waals surface area contributed by atoms with Gasteiger partial charge in [0.25, 0.3) is 5.56 Å². The highest BCUT2D eigenvalue weighted by Gasteiger charge is 2.59. The zero-order chi connectivity index (χ0) is 24.2. The number of ether oxygens (including phenoxy) is 1. The minimum absolute atomic E-state index is 0.000982. The van der Waals surface area contributed by atoms with Crippen LogP contribution in [-0.4, -0.2) is 78.4 Å². The number of halogens is 1. The lowest BCUT2D eigenvalue weighted by molar-refractivity contribution is -0.142. The normalized spacial score (nSPS) is 27.0. The number of aliphatic hydroxyl groups excluding tert-OH is 1. The molecule has 1 aromatic carbocycles. The summed E-state index contributed by atoms with van der Waals surface area (Å²) in [5.74, 6) is -2.24. The van der Waals surface area contributed by atoms with Crippen molar-refractivity contribution in [2.24, 2.45) is 11.8 Å². The zero-order valence-corrected chi connectivity index (χ0v) is 19.4. The number of hydrogen-bond donors (Lipinski definition) is 1. The molecular weight excluding hydrogens is 465 g/mol. The molecule has 0 unspecified atom stereocenters. The van der Waals surface area contributed by atoms with E-state index in [9.17, 15) is 27.5 Å². The first-order chi connectivity index (χ1) is 16.2. The van der Waals surface area contributed by atoms with Gasteiger partial charge < -0.3 is 19.3 Å². The van der Waals surface area contributed by atoms with E-state index in [1.165, 1.54) is 27.1 Å². The quantitative estimate of drug-likeness (QED) is 0.665. The Kier molecular flexibility index (Phi) is 5.83. The second-order valence-corrected chi connectivity index (χ2v) is 10.9. The highest BCUT2D eigenvalue weighted by atomic mass is 32.2. The SMILES string of the molecule is CS(=O)(=O)N1[C@@H]2c3ccc(-c4cccc(F)c4)c(=O)n3C[C@H]1[C@H](CO)[C@H]2C(=O)N1CCOCC1. The molecule has 3 aliphatic heterocycles. The number of sulfonamides is 1. The highest BCUT2D eigenvalue weighted by molar-refractivity contribution is 7.88. The summed E-state index contributed by atoms with van der Waals surface area (Å²) >= 11 is 0. The summed E-state index contributed by atoms with van der Waals surface area (Å²) in [5.41, 5.74) is 0.710. The van der Waals surface area contributed by atoms with E-state index in [1.54, 1.807) is 23.1 Å². The van der Waals surface area contributed by atoms with Crippen molar-refractivity contribution in [2.75, 3.05) is 39.2 Å². The summed E-state index contributed by atoms with van der Waals surface area (Å²) < 4.78 is 47.6. The van der Waals surface area contributed by atoms with Crippen molar-refractivity contribution in [3.05, 3.63) is 58.3 Å². The van der Waals surface area contributed by atoms with E-state index in [1.807, 2.05) is 0 Å². The Balaban J connectivity index is 1.65. The van der Waals surface area contributed by atoms with Crippen molar-refractivity contribution in [3.63, 3.8) is 0 Å². The Morgan fingerprint density at radius 2 is 1.94 bits per heavy atom. The van der Waals surface area contributed by atoms with E-state index in [0.29, 0.717) is 37.6 Å². The van der Waals surface area contributed by atoms with Crippen LogP contribution in [0.2, 0.25) is 0 Å². The van der Waals surface area contributed by atoms with Gasteiger partial charge in [0, 0.05) is 49.5 Å². The molecule has 0 radical (unpaired) electrons. The van der Waals surface area contributed by atoms with Crippen molar-refractivity contribution in [1.29, 1.82) is 0 Å². The molecule has 2 aromatic rings. The predicted octanol–water partition coefficient (Wildman–Crippen LogP) is 0.436. The molecule has 4 atom stereocenters. The first-order valence-corrected chi connectivity index (χ1v) is 13.0. The third-order valence-corrected chi connectivity index (χ3v) is 8.38. The topological polar surface area (TPSA) is 109 Å². The molecule has 0 aliphatic carbocycles. The van der Waals surface area contributed by atoms with Crippen LogP contribution in [0.4, 0.5) is 4.39 Å². The van der Waals surface area contributed by atoms with Crippen LogP contribution in [0.1, 0.15) is 11.7 Å². The molecule has 3 aliphatic rings. The van der Waals surface area contributed by atoms with Crippen LogP contribution in [0.15, 0.2) is 41.2 Å². The lowest BCUT2D eigenvalue weighted by atomic mass is 9.86. The van der Waals surface area contributed by atoms with Crippen molar-refractivity contribution in [1.82, 2.24) is 13.8 Å². The van der Waals surface area contributed by atoms with Gasteiger partial charge in [-0.3, -0.25) is 9.59 Å². The molecule has 0 spiro atoms. The number of carbonyl (C=O) groups is 1. The van der Waals surface area contributed by atoms with E-state index in [2.05, 4.69) is 0 Å². The molecule has 2 saturated heterocycles. The number of aromatic nitrogens is 1. The second kappa shape index (κ2) is 8.56. The van der Waals surface area contributed by atoms with Crippen LogP contribution in [0.3, 0.4) is 0 Å². The number of rotatable bonds is 4. The van der Waals surface area contributed by atoms with Gasteiger partial charge in [-0.15, -0.1) is 0 Å². The summed E-state index contributed by atoms with van der Waals surface area (Å²) in [6, 6.07) is 7.22. The monoisotopic (exact) mass is 491 g/mol. The average molecular weight is 492 g/mol. The van der Waals surface area contributed by atoms with Gasteiger partial charge in [0.1, 0.15) is 5.82 Å². The molecule has 5 rings (SSSR count). The van der Waals surface area contributed by atoms with Crippen molar-refractivity contribution < 1.29 is 27.4 Å². The number of hydrogen-bond acceptors (Lipinski definition) is 6. The third kappa shape index (κ3) is 3.67. The third-order valence-electron chi connectivity index (χ3n) is 7.11. The first kappa shape index (κ1) is 23.2. The fourth-order valence-electron chi connectivity index (χ4n) is 5.66. The predicted molar refractivity (Wildman–Crippen MR) is 121 cm³/mol. The fourth-order valence-corrected chi connectivity index (χ4v) is 7.03. The van der Waals surface area contributed by atoms with Gasteiger partial charge in [0.2, 0.25) is 15.9 Å². The van der Waals surface area contributed by atoms with Gasteiger partial charge >= 0.3 is 0 Å². The lowest BCUT2D eigenvalue weighted by Gasteiger charge is -2.37. The minimum Gasteiger partial charge on any atom is -0.396 e. The van der Waals surface area contributed by atoms with Crippen LogP contribution in [-0.2, 0) is 26.1 Å². The molecule has 182 valence electrons. The molecule has 2 fully saturated rings. The minimum atomic E-state index is -3.76. The van der Waals surface area contributed by atoms with E-state index >= 15 is 0 Å². The number of carbonyl (C=O) groups excluding carboxylic acids is 1. The molecule has 1 N–H and O–H groups in total. The van der Waals surface area contributed by atoms with Gasteiger partial charge in [-0.1, -0.05) is 12.1 Å². The Bertz CT molecular complexity index is 1290. The van der Waals surface area contributed by atoms with E-state index in [4.69, 9.17) is 4.74 Å². The number of benzene rings is 1. The van der Waals surface area contributed by atoms with Gasteiger partial charge in [-0.25, -0.2) is 12.8 Å². The second-order valence-electron chi connectivity index (χ2n) is 9.01. The molecule has 2 bridgehead atoms. The van der Waals surface area contributed by atoms with Crippen LogP contribution < -0.4 is 5.56 Å². The van der Waals surface area contributed by atoms with Gasteiger partial charge in [0.15, 0.2) is 0 Å². The van der Waals surface area contributed by atoms with Crippen molar-refractivity contribution >= 4 is 15.9 Å². The molecular formula is C23H26FN3O6S. The van der Waals surface area contributed by atoms with Crippen molar-refractivity contribution in [2.45, 2.75) is 18.6 Å². The average Bonchev–Trinajstić information content (AvgIpc) is 3.07. The molecule has 11 heteroatoms. The van der Waals surface area contributed by atoms with E-state index in [-0.39, 0.29) is 23.6 Å². The Labute approximate surface area is 196 Å². The molecule has 1 aromatic heterocycles. The Hall–Kier alpha value is -2.60. The maximum atomic E-state index is 13.8.